The van der Waals surface area contributed by atoms with Crippen molar-refractivity contribution in [3.63, 3.8) is 0 Å². The molecule has 0 amide bonds. The molecule has 3 rings (SSSR count). The van der Waals surface area contributed by atoms with E-state index in [1.54, 1.807) is 12.1 Å². The summed E-state index contributed by atoms with van der Waals surface area (Å²) in [5, 5.41) is 0. The van der Waals surface area contributed by atoms with Gasteiger partial charge < -0.3 is 4.74 Å². The zero-order valence-corrected chi connectivity index (χ0v) is 18.1. The van der Waals surface area contributed by atoms with E-state index < -0.39 is 35.6 Å². The van der Waals surface area contributed by atoms with Crippen molar-refractivity contribution in [3.8, 4) is 5.75 Å². The first-order valence-corrected chi connectivity index (χ1v) is 10.7. The Bertz CT molecular complexity index is 1070. The van der Waals surface area contributed by atoms with Crippen molar-refractivity contribution in [2.45, 2.75) is 52.1 Å². The minimum atomic E-state index is -3.12. The molecule has 0 spiro atoms. The lowest BCUT2D eigenvalue weighted by atomic mass is 9.98. The fourth-order valence-electron chi connectivity index (χ4n) is 3.72. The predicted octanol–water partition coefficient (Wildman–Crippen LogP) is 7.37. The first-order chi connectivity index (χ1) is 15.8. The highest BCUT2D eigenvalue weighted by Crippen LogP contribution is 2.23. The van der Waals surface area contributed by atoms with Gasteiger partial charge in [-0.25, -0.2) is 17.6 Å². The number of aryl methyl sites for hydroxylation is 4. The topological polar surface area (TPSA) is 9.23 Å². The Morgan fingerprint density at radius 1 is 0.636 bits per heavy atom. The van der Waals surface area contributed by atoms with Gasteiger partial charge in [0.2, 0.25) is 0 Å². The molecule has 33 heavy (non-hydrogen) atoms. The summed E-state index contributed by atoms with van der Waals surface area (Å²) in [5.41, 5.74) is 2.11. The lowest BCUT2D eigenvalue weighted by molar-refractivity contribution is -0.0522. The van der Waals surface area contributed by atoms with E-state index in [0.717, 1.165) is 18.6 Å². The van der Waals surface area contributed by atoms with E-state index >= 15 is 0 Å². The fourth-order valence-corrected chi connectivity index (χ4v) is 3.72. The van der Waals surface area contributed by atoms with Crippen LogP contribution >= 0.6 is 0 Å². The molecule has 0 atom stereocenters. The summed E-state index contributed by atoms with van der Waals surface area (Å²) < 4.78 is 85.4. The minimum absolute atomic E-state index is 0.0133. The quantitative estimate of drug-likeness (QED) is 0.284. The van der Waals surface area contributed by atoms with Gasteiger partial charge in [-0.15, -0.1) is 0 Å². The second kappa shape index (κ2) is 11.3. The molecular formula is C26H24F6O. The van der Waals surface area contributed by atoms with Gasteiger partial charge in [-0.1, -0.05) is 31.5 Å². The fraction of sp³-hybridized carbons (Fsp3) is 0.308. The first-order valence-electron chi connectivity index (χ1n) is 10.7. The van der Waals surface area contributed by atoms with Crippen LogP contribution in [0, 0.1) is 23.3 Å². The third-order valence-electron chi connectivity index (χ3n) is 5.42. The van der Waals surface area contributed by atoms with Crippen molar-refractivity contribution in [1.82, 2.24) is 0 Å². The molecule has 0 aromatic heterocycles. The van der Waals surface area contributed by atoms with Crippen LogP contribution in [0.5, 0.6) is 5.75 Å². The summed E-state index contributed by atoms with van der Waals surface area (Å²) in [4.78, 5) is 0. The lowest BCUT2D eigenvalue weighted by Crippen LogP contribution is -2.04. The third-order valence-corrected chi connectivity index (χ3v) is 5.42. The van der Waals surface area contributed by atoms with Gasteiger partial charge in [0.05, 0.1) is 0 Å². The number of alkyl halides is 2. The molecule has 0 saturated heterocycles. The smallest absolute Gasteiger partial charge is 0.387 e. The molecule has 0 heterocycles. The average Bonchev–Trinajstić information content (AvgIpc) is 2.74. The summed E-state index contributed by atoms with van der Waals surface area (Å²) >= 11 is 0. The Balaban J connectivity index is 1.61. The first kappa shape index (κ1) is 24.7. The number of hydrogen-bond acceptors (Lipinski definition) is 1. The molecule has 0 aliphatic carbocycles. The molecule has 176 valence electrons. The molecule has 0 unspecified atom stereocenters. The van der Waals surface area contributed by atoms with Gasteiger partial charge in [0.25, 0.3) is 0 Å². The maximum absolute atomic E-state index is 14.5. The van der Waals surface area contributed by atoms with Crippen LogP contribution in [0.3, 0.4) is 0 Å². The van der Waals surface area contributed by atoms with Crippen molar-refractivity contribution in [3.05, 3.63) is 99.6 Å². The van der Waals surface area contributed by atoms with Gasteiger partial charge in [0.1, 0.15) is 17.5 Å². The van der Waals surface area contributed by atoms with Gasteiger partial charge in [-0.3, -0.25) is 0 Å². The number of hydrogen-bond donors (Lipinski definition) is 0. The van der Waals surface area contributed by atoms with Crippen molar-refractivity contribution < 1.29 is 31.1 Å². The SMILES string of the molecule is CCCc1cc(F)c(CCc2ccc(CCc3ccc(OC(F)F)c(F)c3)c(F)c2)c(F)c1. The second-order valence-corrected chi connectivity index (χ2v) is 7.86. The van der Waals surface area contributed by atoms with Gasteiger partial charge in [0, 0.05) is 5.56 Å². The minimum Gasteiger partial charge on any atom is -0.432 e. The number of rotatable bonds is 10. The number of benzene rings is 3. The zero-order chi connectivity index (χ0) is 24.0. The van der Waals surface area contributed by atoms with Crippen LogP contribution in [0.25, 0.3) is 0 Å². The summed E-state index contributed by atoms with van der Waals surface area (Å²) in [6.45, 7) is -1.19. The van der Waals surface area contributed by atoms with Crippen LogP contribution in [0.2, 0.25) is 0 Å². The second-order valence-electron chi connectivity index (χ2n) is 7.86. The van der Waals surface area contributed by atoms with Crippen molar-refractivity contribution >= 4 is 0 Å². The standard InChI is InChI=1S/C26H24F6O/c1-2-3-18-14-22(28)20(23(29)15-18)10-6-16-4-8-19(21(27)12-16)9-5-17-7-11-25(24(30)13-17)33-26(31)32/h4,7-8,11-15,26H,2-3,5-6,9-10H2,1H3. The average molecular weight is 466 g/mol. The maximum atomic E-state index is 14.5. The predicted molar refractivity (Wildman–Crippen MR) is 115 cm³/mol. The molecule has 3 aromatic carbocycles. The van der Waals surface area contributed by atoms with Crippen molar-refractivity contribution in [1.29, 1.82) is 0 Å². The van der Waals surface area contributed by atoms with E-state index in [2.05, 4.69) is 4.74 Å². The van der Waals surface area contributed by atoms with E-state index in [0.29, 0.717) is 35.1 Å². The van der Waals surface area contributed by atoms with E-state index in [1.165, 1.54) is 24.3 Å². The zero-order valence-electron chi connectivity index (χ0n) is 18.1. The molecule has 3 aromatic rings. The van der Waals surface area contributed by atoms with Gasteiger partial charge in [-0.05, 0) is 84.7 Å². The van der Waals surface area contributed by atoms with Crippen molar-refractivity contribution in [2.24, 2.45) is 0 Å². The number of halogens is 6. The van der Waals surface area contributed by atoms with Crippen LogP contribution in [-0.2, 0) is 32.1 Å². The van der Waals surface area contributed by atoms with E-state index in [1.807, 2.05) is 6.92 Å². The highest BCUT2D eigenvalue weighted by atomic mass is 19.3. The molecule has 0 N–H and O–H groups in total. The monoisotopic (exact) mass is 466 g/mol. The van der Waals surface area contributed by atoms with Crippen LogP contribution in [0.4, 0.5) is 26.3 Å². The third kappa shape index (κ3) is 6.76. The number of ether oxygens (including phenoxy) is 1. The molecule has 0 saturated carbocycles. The molecular weight excluding hydrogens is 442 g/mol. The summed E-state index contributed by atoms with van der Waals surface area (Å²) in [7, 11) is 0. The maximum Gasteiger partial charge on any atom is 0.387 e. The van der Waals surface area contributed by atoms with Gasteiger partial charge in [-0.2, -0.15) is 8.78 Å². The van der Waals surface area contributed by atoms with Crippen LogP contribution in [0.1, 0.15) is 41.2 Å². The Morgan fingerprint density at radius 3 is 1.79 bits per heavy atom. The Hall–Kier alpha value is -2.96. The van der Waals surface area contributed by atoms with Gasteiger partial charge >= 0.3 is 6.61 Å². The molecule has 7 heteroatoms. The molecule has 0 radical (unpaired) electrons. The Morgan fingerprint density at radius 2 is 1.21 bits per heavy atom. The van der Waals surface area contributed by atoms with E-state index in [-0.39, 0.29) is 24.8 Å². The molecule has 0 bridgehead atoms. The van der Waals surface area contributed by atoms with Crippen LogP contribution < -0.4 is 4.74 Å². The largest absolute Gasteiger partial charge is 0.432 e. The van der Waals surface area contributed by atoms with E-state index in [4.69, 9.17) is 0 Å². The van der Waals surface area contributed by atoms with E-state index in [9.17, 15) is 26.3 Å². The highest BCUT2D eigenvalue weighted by Gasteiger charge is 2.13. The van der Waals surface area contributed by atoms with Crippen LogP contribution in [0.15, 0.2) is 48.5 Å². The molecule has 0 aliphatic heterocycles. The van der Waals surface area contributed by atoms with Gasteiger partial charge in [0.15, 0.2) is 11.6 Å². The molecule has 0 fully saturated rings. The van der Waals surface area contributed by atoms with Crippen LogP contribution in [-0.4, -0.2) is 6.61 Å². The molecule has 1 nitrogen and oxygen atoms in total. The Labute approximate surface area is 189 Å². The molecule has 0 aliphatic rings. The summed E-state index contributed by atoms with van der Waals surface area (Å²) in [6.07, 6.45) is 2.33. The van der Waals surface area contributed by atoms with Crippen molar-refractivity contribution in [2.75, 3.05) is 0 Å². The normalized spacial score (nSPS) is 11.3. The summed E-state index contributed by atoms with van der Waals surface area (Å²) in [6, 6.07) is 11.0. The lowest BCUT2D eigenvalue weighted by Gasteiger charge is -2.10. The Kier molecular flexibility index (Phi) is 8.42. The highest BCUT2D eigenvalue weighted by molar-refractivity contribution is 5.32. The summed E-state index contributed by atoms with van der Waals surface area (Å²) in [5.74, 6) is -3.10.